The molecule has 0 aliphatic rings. The number of hydrogen-bond donors (Lipinski definition) is 0. The van der Waals surface area contributed by atoms with E-state index in [1.807, 2.05) is 40.8 Å². The van der Waals surface area contributed by atoms with E-state index in [0.717, 1.165) is 5.52 Å². The first kappa shape index (κ1) is 9.34. The number of aromatic nitrogens is 1. The molecule has 0 saturated heterocycles. The minimum atomic E-state index is -0.356. The number of fused-ring (bicyclic) bond motifs is 1. The maximum atomic E-state index is 11.4. The van der Waals surface area contributed by atoms with E-state index in [9.17, 15) is 4.79 Å². The van der Waals surface area contributed by atoms with E-state index >= 15 is 0 Å². The topological polar surface area (TPSA) is 35.1 Å². The number of para-hydroxylation sites is 2. The van der Waals surface area contributed by atoms with Gasteiger partial charge in [0.25, 0.3) is 0 Å². The van der Waals surface area contributed by atoms with Crippen LogP contribution >= 0.6 is 22.6 Å². The van der Waals surface area contributed by atoms with Gasteiger partial charge in [0.05, 0.1) is 12.1 Å². The summed E-state index contributed by atoms with van der Waals surface area (Å²) in [6, 6.07) is 7.31. The van der Waals surface area contributed by atoms with E-state index < -0.39 is 0 Å². The van der Waals surface area contributed by atoms with Crippen molar-refractivity contribution >= 4 is 33.7 Å². The molecule has 0 fully saturated rings. The molecule has 3 nitrogen and oxygen atoms in total. The van der Waals surface area contributed by atoms with Gasteiger partial charge in [0.2, 0.25) is 0 Å². The Morgan fingerprint density at radius 2 is 2.21 bits per heavy atom. The van der Waals surface area contributed by atoms with Gasteiger partial charge < -0.3 is 4.42 Å². The van der Waals surface area contributed by atoms with Crippen molar-refractivity contribution in [2.75, 3.05) is 0 Å². The summed E-state index contributed by atoms with van der Waals surface area (Å²) in [5, 5.41) is 0. The number of benzene rings is 1. The van der Waals surface area contributed by atoms with Crippen LogP contribution in [-0.4, -0.2) is 4.57 Å². The Bertz CT molecular complexity index is 571. The van der Waals surface area contributed by atoms with Gasteiger partial charge in [-0.3, -0.25) is 4.57 Å². The molecule has 1 heterocycles. The highest BCUT2D eigenvalue weighted by molar-refractivity contribution is 14.1. The molecule has 0 spiro atoms. The highest BCUT2D eigenvalue weighted by atomic mass is 127. The zero-order valence-electron chi connectivity index (χ0n) is 7.16. The van der Waals surface area contributed by atoms with E-state index in [2.05, 4.69) is 9.85 Å². The summed E-state index contributed by atoms with van der Waals surface area (Å²) in [4.78, 5) is 11.4. The summed E-state index contributed by atoms with van der Waals surface area (Å²) < 4.78 is 9.26. The lowest BCUT2D eigenvalue weighted by Gasteiger charge is -1.92. The molecular weight excluding hydrogens is 293 g/mol. The van der Waals surface area contributed by atoms with Crippen LogP contribution in [0.1, 0.15) is 0 Å². The summed E-state index contributed by atoms with van der Waals surface area (Å²) in [6.45, 7) is 0.374. The second kappa shape index (κ2) is 3.88. The van der Waals surface area contributed by atoms with Crippen LogP contribution in [-0.2, 0) is 6.54 Å². The molecule has 2 rings (SSSR count). The van der Waals surface area contributed by atoms with E-state index in [4.69, 9.17) is 4.42 Å². The molecular formula is C10H6INO2. The third kappa shape index (κ3) is 1.55. The van der Waals surface area contributed by atoms with Gasteiger partial charge in [-0.2, -0.15) is 0 Å². The molecule has 0 radical (unpaired) electrons. The number of halogens is 1. The van der Waals surface area contributed by atoms with Crippen LogP contribution in [0.4, 0.5) is 0 Å². The van der Waals surface area contributed by atoms with Crippen LogP contribution in [0.25, 0.3) is 11.1 Å². The first-order valence-electron chi connectivity index (χ1n) is 4.00. The van der Waals surface area contributed by atoms with Crippen LogP contribution in [0.2, 0.25) is 0 Å². The molecule has 4 heteroatoms. The Labute approximate surface area is 93.9 Å². The van der Waals surface area contributed by atoms with Crippen molar-refractivity contribution in [3.05, 3.63) is 34.8 Å². The highest BCUT2D eigenvalue weighted by Crippen LogP contribution is 2.10. The molecule has 1 aromatic heterocycles. The maximum absolute atomic E-state index is 11.4. The predicted octanol–water partition coefficient (Wildman–Crippen LogP) is 1.99. The number of rotatable bonds is 1. The average Bonchev–Trinajstić information content (AvgIpc) is 2.51. The SMILES string of the molecule is O=c1oc2ccccc2n1CC#CI. The average molecular weight is 299 g/mol. The van der Waals surface area contributed by atoms with Crippen molar-refractivity contribution in [2.45, 2.75) is 6.54 Å². The smallest absolute Gasteiger partial charge is 0.408 e. The van der Waals surface area contributed by atoms with Crippen LogP contribution in [0.3, 0.4) is 0 Å². The fraction of sp³-hybridized carbons (Fsp3) is 0.100. The monoisotopic (exact) mass is 299 g/mol. The minimum Gasteiger partial charge on any atom is -0.408 e. The van der Waals surface area contributed by atoms with Gasteiger partial charge in [-0.1, -0.05) is 18.1 Å². The largest absolute Gasteiger partial charge is 0.420 e. The standard InChI is InChI=1S/C10H6INO2/c11-6-3-7-12-8-4-1-2-5-9(8)14-10(12)13/h1-2,4-5H,7H2. The van der Waals surface area contributed by atoms with Crippen molar-refractivity contribution < 1.29 is 4.42 Å². The highest BCUT2D eigenvalue weighted by Gasteiger charge is 2.05. The Kier molecular flexibility index (Phi) is 2.59. The molecule has 70 valence electrons. The van der Waals surface area contributed by atoms with Gasteiger partial charge >= 0.3 is 5.76 Å². The third-order valence-corrected chi connectivity index (χ3v) is 2.26. The molecule has 2 aromatic rings. The first-order valence-corrected chi connectivity index (χ1v) is 5.07. The summed E-state index contributed by atoms with van der Waals surface area (Å²) in [7, 11) is 0. The molecule has 1 aromatic carbocycles. The Morgan fingerprint density at radius 3 is 3.00 bits per heavy atom. The molecule has 0 N–H and O–H groups in total. The van der Waals surface area contributed by atoms with Gasteiger partial charge in [-0.15, -0.1) is 0 Å². The van der Waals surface area contributed by atoms with Crippen LogP contribution in [0, 0.1) is 9.85 Å². The summed E-state index contributed by atoms with van der Waals surface area (Å²) in [5.74, 6) is 2.47. The Hall–Kier alpha value is -1.22. The summed E-state index contributed by atoms with van der Waals surface area (Å²) >= 11 is 1.94. The lowest BCUT2D eigenvalue weighted by molar-refractivity contribution is 0.521. The zero-order valence-corrected chi connectivity index (χ0v) is 9.32. The first-order chi connectivity index (χ1) is 6.83. The van der Waals surface area contributed by atoms with E-state index in [-0.39, 0.29) is 5.76 Å². The molecule has 0 bridgehead atoms. The van der Waals surface area contributed by atoms with Crippen molar-refractivity contribution in [3.8, 4) is 9.85 Å². The third-order valence-electron chi connectivity index (χ3n) is 1.88. The molecule has 0 amide bonds. The second-order valence-corrected chi connectivity index (χ2v) is 3.23. The molecule has 0 atom stereocenters. The van der Waals surface area contributed by atoms with Gasteiger partial charge in [0.1, 0.15) is 0 Å². The van der Waals surface area contributed by atoms with Crippen LogP contribution in [0.15, 0.2) is 33.5 Å². The molecule has 0 aliphatic heterocycles. The van der Waals surface area contributed by atoms with Gasteiger partial charge in [0, 0.05) is 22.6 Å². The minimum absolute atomic E-state index is 0.356. The quantitative estimate of drug-likeness (QED) is 0.596. The molecule has 14 heavy (non-hydrogen) atoms. The van der Waals surface area contributed by atoms with E-state index in [1.54, 1.807) is 6.07 Å². The van der Waals surface area contributed by atoms with Gasteiger partial charge in [0.15, 0.2) is 5.58 Å². The van der Waals surface area contributed by atoms with Crippen molar-refractivity contribution in [1.82, 2.24) is 4.57 Å². The number of oxazole rings is 1. The molecule has 0 saturated carbocycles. The fourth-order valence-electron chi connectivity index (χ4n) is 1.27. The van der Waals surface area contributed by atoms with E-state index in [1.165, 1.54) is 4.57 Å². The van der Waals surface area contributed by atoms with Crippen molar-refractivity contribution in [2.24, 2.45) is 0 Å². The molecule has 0 aliphatic carbocycles. The van der Waals surface area contributed by atoms with Crippen LogP contribution < -0.4 is 5.76 Å². The molecule has 0 unspecified atom stereocenters. The zero-order chi connectivity index (χ0) is 9.97. The summed E-state index contributed by atoms with van der Waals surface area (Å²) in [6.07, 6.45) is 0. The normalized spacial score (nSPS) is 9.79. The van der Waals surface area contributed by atoms with Gasteiger partial charge in [-0.25, -0.2) is 4.79 Å². The lowest BCUT2D eigenvalue weighted by atomic mass is 10.3. The maximum Gasteiger partial charge on any atom is 0.420 e. The number of nitrogens with zero attached hydrogens (tertiary/aromatic N) is 1. The fourth-order valence-corrected chi connectivity index (χ4v) is 1.44. The lowest BCUT2D eigenvalue weighted by Crippen LogP contribution is -2.12. The Morgan fingerprint density at radius 1 is 1.43 bits per heavy atom. The second-order valence-electron chi connectivity index (χ2n) is 2.69. The van der Waals surface area contributed by atoms with Gasteiger partial charge in [-0.05, 0) is 16.1 Å². The van der Waals surface area contributed by atoms with Crippen molar-refractivity contribution in [3.63, 3.8) is 0 Å². The summed E-state index contributed by atoms with van der Waals surface area (Å²) in [5.41, 5.74) is 1.39. The Balaban J connectivity index is 2.66. The van der Waals surface area contributed by atoms with Crippen LogP contribution in [0.5, 0.6) is 0 Å². The van der Waals surface area contributed by atoms with E-state index in [0.29, 0.717) is 12.1 Å². The van der Waals surface area contributed by atoms with Crippen molar-refractivity contribution in [1.29, 1.82) is 0 Å². The predicted molar refractivity (Wildman–Crippen MR) is 62.3 cm³/mol. The number of hydrogen-bond acceptors (Lipinski definition) is 2.